The molecule has 21 heavy (non-hydrogen) atoms. The van der Waals surface area contributed by atoms with E-state index in [4.69, 9.17) is 0 Å². The van der Waals surface area contributed by atoms with Crippen molar-refractivity contribution in [1.29, 1.82) is 0 Å². The molecule has 2 nitrogen and oxygen atoms in total. The number of nitrogens with one attached hydrogen (secondary N) is 1. The van der Waals surface area contributed by atoms with Gasteiger partial charge in [0.1, 0.15) is 0 Å². The molecule has 0 saturated heterocycles. The molecule has 0 unspecified atom stereocenters. The summed E-state index contributed by atoms with van der Waals surface area (Å²) in [6.07, 6.45) is 1.26. The van der Waals surface area contributed by atoms with Gasteiger partial charge in [-0.15, -0.1) is 0 Å². The maximum absolute atomic E-state index is 12.9. The molecular formula is C15H18F3NOS. The van der Waals surface area contributed by atoms with Crippen LogP contribution in [0.1, 0.15) is 41.6 Å². The van der Waals surface area contributed by atoms with Crippen LogP contribution in [-0.2, 0) is 6.18 Å². The van der Waals surface area contributed by atoms with E-state index in [2.05, 4.69) is 5.32 Å². The van der Waals surface area contributed by atoms with Gasteiger partial charge in [0.25, 0.3) is 5.91 Å². The van der Waals surface area contributed by atoms with E-state index in [0.29, 0.717) is 5.25 Å². The Morgan fingerprint density at radius 2 is 2.00 bits per heavy atom. The highest BCUT2D eigenvalue weighted by Gasteiger charge is 2.35. The fourth-order valence-electron chi connectivity index (χ4n) is 2.68. The number of carbonyl (C=O) groups is 1. The number of hydrogen-bond donors (Lipinski definition) is 1. The minimum atomic E-state index is -4.51. The quantitative estimate of drug-likeness (QED) is 0.909. The van der Waals surface area contributed by atoms with Crippen LogP contribution in [0.15, 0.2) is 24.3 Å². The van der Waals surface area contributed by atoms with Gasteiger partial charge in [-0.05, 0) is 37.7 Å². The molecule has 0 heterocycles. The Morgan fingerprint density at radius 1 is 1.29 bits per heavy atom. The second kappa shape index (κ2) is 6.73. The monoisotopic (exact) mass is 317 g/mol. The number of carbonyl (C=O) groups excluding carboxylic acids is 1. The van der Waals surface area contributed by atoms with Crippen LogP contribution in [0.5, 0.6) is 0 Å². The van der Waals surface area contributed by atoms with E-state index in [9.17, 15) is 18.0 Å². The molecule has 116 valence electrons. The number of hydrogen-bond acceptors (Lipinski definition) is 2. The highest BCUT2D eigenvalue weighted by molar-refractivity contribution is 7.99. The minimum absolute atomic E-state index is 0.0370. The zero-order valence-corrected chi connectivity index (χ0v) is 12.6. The number of halogens is 3. The first kappa shape index (κ1) is 16.2. The Labute approximate surface area is 126 Å². The van der Waals surface area contributed by atoms with Gasteiger partial charge < -0.3 is 5.32 Å². The summed E-state index contributed by atoms with van der Waals surface area (Å²) in [7, 11) is 0. The zero-order valence-electron chi connectivity index (χ0n) is 11.7. The molecule has 2 rings (SSSR count). The van der Waals surface area contributed by atoms with Crippen molar-refractivity contribution in [1.82, 2.24) is 5.32 Å². The summed E-state index contributed by atoms with van der Waals surface area (Å²) in [5.41, 5.74) is -1.17. The summed E-state index contributed by atoms with van der Waals surface area (Å²) in [5.74, 6) is -0.630. The topological polar surface area (TPSA) is 29.1 Å². The van der Waals surface area contributed by atoms with Gasteiger partial charge in [-0.1, -0.05) is 18.6 Å². The van der Waals surface area contributed by atoms with E-state index in [1.54, 1.807) is 11.8 Å². The number of amides is 1. The summed E-state index contributed by atoms with van der Waals surface area (Å²) in [6.45, 7) is 0. The molecule has 0 aliphatic heterocycles. The summed E-state index contributed by atoms with van der Waals surface area (Å²) >= 11 is 1.75. The van der Waals surface area contributed by atoms with E-state index in [-0.39, 0.29) is 11.6 Å². The fourth-order valence-corrected chi connectivity index (χ4v) is 3.51. The third-order valence-electron chi connectivity index (χ3n) is 3.77. The summed E-state index contributed by atoms with van der Waals surface area (Å²) < 4.78 is 38.8. The Balaban J connectivity index is 2.10. The lowest BCUT2D eigenvalue weighted by atomic mass is 9.94. The van der Waals surface area contributed by atoms with Crippen LogP contribution in [-0.4, -0.2) is 23.5 Å². The van der Waals surface area contributed by atoms with Gasteiger partial charge in [0.05, 0.1) is 11.1 Å². The van der Waals surface area contributed by atoms with Gasteiger partial charge in [-0.3, -0.25) is 4.79 Å². The minimum Gasteiger partial charge on any atom is -0.349 e. The smallest absolute Gasteiger partial charge is 0.349 e. The van der Waals surface area contributed by atoms with Crippen molar-refractivity contribution in [3.63, 3.8) is 0 Å². The Bertz CT molecular complexity index is 504. The molecule has 0 radical (unpaired) electrons. The van der Waals surface area contributed by atoms with Crippen LogP contribution in [0.4, 0.5) is 13.2 Å². The van der Waals surface area contributed by atoms with Crippen molar-refractivity contribution in [2.24, 2.45) is 0 Å². The van der Waals surface area contributed by atoms with Gasteiger partial charge in [0, 0.05) is 11.3 Å². The predicted octanol–water partition coefficient (Wildman–Crippen LogP) is 4.11. The fraction of sp³-hybridized carbons (Fsp3) is 0.533. The first-order valence-corrected chi connectivity index (χ1v) is 8.20. The van der Waals surface area contributed by atoms with E-state index in [1.807, 2.05) is 6.26 Å². The molecule has 0 aromatic heterocycles. The standard InChI is InChI=1S/C15H18F3NOS/c1-21-11-6-4-5-10(9-11)19-14(20)12-7-2-3-8-13(12)15(16,17)18/h2-3,7-8,10-11H,4-6,9H2,1H3,(H,19,20)/t10-,11+/m0/s1. The van der Waals surface area contributed by atoms with Crippen molar-refractivity contribution in [2.75, 3.05) is 6.26 Å². The summed E-state index contributed by atoms with van der Waals surface area (Å²) in [4.78, 5) is 12.2. The van der Waals surface area contributed by atoms with Crippen molar-refractivity contribution in [3.05, 3.63) is 35.4 Å². The molecule has 1 aromatic carbocycles. The average Bonchev–Trinajstić information content (AvgIpc) is 2.46. The molecule has 1 aliphatic rings. The third kappa shape index (κ3) is 4.15. The van der Waals surface area contributed by atoms with Crippen LogP contribution in [0.2, 0.25) is 0 Å². The van der Waals surface area contributed by atoms with Crippen LogP contribution in [0.25, 0.3) is 0 Å². The number of benzene rings is 1. The van der Waals surface area contributed by atoms with Gasteiger partial charge in [-0.25, -0.2) is 0 Å². The van der Waals surface area contributed by atoms with Crippen LogP contribution in [0, 0.1) is 0 Å². The van der Waals surface area contributed by atoms with E-state index < -0.39 is 17.6 Å². The lowest BCUT2D eigenvalue weighted by Crippen LogP contribution is -2.39. The SMILES string of the molecule is CS[C@@H]1CCC[C@H](NC(=O)c2ccccc2C(F)(F)F)C1. The number of rotatable bonds is 3. The van der Waals surface area contributed by atoms with Gasteiger partial charge in [0.2, 0.25) is 0 Å². The molecule has 0 bridgehead atoms. The van der Waals surface area contributed by atoms with E-state index in [0.717, 1.165) is 31.7 Å². The lowest BCUT2D eigenvalue weighted by molar-refractivity contribution is -0.137. The van der Waals surface area contributed by atoms with Crippen LogP contribution in [0.3, 0.4) is 0 Å². The number of thioether (sulfide) groups is 1. The second-order valence-corrected chi connectivity index (χ2v) is 6.38. The highest BCUT2D eigenvalue weighted by atomic mass is 32.2. The van der Waals surface area contributed by atoms with Crippen molar-refractivity contribution in [2.45, 2.75) is 43.2 Å². The lowest BCUT2D eigenvalue weighted by Gasteiger charge is -2.29. The summed E-state index contributed by atoms with van der Waals surface area (Å²) in [5, 5.41) is 3.23. The first-order chi connectivity index (χ1) is 9.91. The van der Waals surface area contributed by atoms with E-state index in [1.165, 1.54) is 18.2 Å². The molecule has 1 N–H and O–H groups in total. The second-order valence-electron chi connectivity index (χ2n) is 5.24. The predicted molar refractivity (Wildman–Crippen MR) is 78.5 cm³/mol. The van der Waals surface area contributed by atoms with Crippen LogP contribution >= 0.6 is 11.8 Å². The molecule has 1 aliphatic carbocycles. The van der Waals surface area contributed by atoms with Gasteiger partial charge >= 0.3 is 6.18 Å². The average molecular weight is 317 g/mol. The molecule has 1 amide bonds. The van der Waals surface area contributed by atoms with Crippen LogP contribution < -0.4 is 5.32 Å². The maximum atomic E-state index is 12.9. The third-order valence-corrected chi connectivity index (χ3v) is 4.87. The molecule has 2 atom stereocenters. The number of alkyl halides is 3. The Kier molecular flexibility index (Phi) is 5.19. The molecule has 1 saturated carbocycles. The first-order valence-electron chi connectivity index (χ1n) is 6.91. The van der Waals surface area contributed by atoms with Crippen molar-refractivity contribution < 1.29 is 18.0 Å². The molecule has 1 fully saturated rings. The summed E-state index contributed by atoms with van der Waals surface area (Å²) in [6, 6.07) is 4.89. The zero-order chi connectivity index (χ0) is 15.5. The molecule has 0 spiro atoms. The normalized spacial score (nSPS) is 22.9. The van der Waals surface area contributed by atoms with E-state index >= 15 is 0 Å². The van der Waals surface area contributed by atoms with Gasteiger partial charge in [0.15, 0.2) is 0 Å². The largest absolute Gasteiger partial charge is 0.417 e. The maximum Gasteiger partial charge on any atom is 0.417 e. The molecule has 1 aromatic rings. The Morgan fingerprint density at radius 3 is 2.67 bits per heavy atom. The Hall–Kier alpha value is -1.17. The van der Waals surface area contributed by atoms with Crippen molar-refractivity contribution in [3.8, 4) is 0 Å². The molecular weight excluding hydrogens is 299 g/mol. The van der Waals surface area contributed by atoms with Crippen molar-refractivity contribution >= 4 is 17.7 Å². The highest BCUT2D eigenvalue weighted by Crippen LogP contribution is 2.32. The molecule has 6 heteroatoms. The van der Waals surface area contributed by atoms with Gasteiger partial charge in [-0.2, -0.15) is 24.9 Å².